The molecule has 1 atom stereocenters. The lowest BCUT2D eigenvalue weighted by Crippen LogP contribution is -2.53. The molecule has 0 radical (unpaired) electrons. The van der Waals surface area contributed by atoms with Gasteiger partial charge in [-0.1, -0.05) is 30.3 Å². The predicted octanol–water partition coefficient (Wildman–Crippen LogP) is 3.93. The zero-order valence-electron chi connectivity index (χ0n) is 27.1. The van der Waals surface area contributed by atoms with Crippen molar-refractivity contribution in [2.75, 3.05) is 64.3 Å². The second-order valence-electron chi connectivity index (χ2n) is 13.1. The van der Waals surface area contributed by atoms with Gasteiger partial charge in [-0.15, -0.1) is 0 Å². The number of piperidine rings is 2. The van der Waals surface area contributed by atoms with Gasteiger partial charge in [0.1, 0.15) is 5.75 Å². The first-order chi connectivity index (χ1) is 22.3. The average molecular weight is 634 g/mol. The van der Waals surface area contributed by atoms with Crippen molar-refractivity contribution in [3.63, 3.8) is 0 Å². The molecule has 4 aliphatic heterocycles. The van der Waals surface area contributed by atoms with Crippen molar-refractivity contribution < 1.29 is 29.0 Å². The van der Waals surface area contributed by atoms with Crippen molar-refractivity contribution in [3.05, 3.63) is 58.7 Å². The van der Waals surface area contributed by atoms with E-state index < -0.39 is 12.2 Å². The molecule has 0 bridgehead atoms. The minimum absolute atomic E-state index is 0.0199. The number of aryl methyl sites for hydroxylation is 2. The van der Waals surface area contributed by atoms with Crippen molar-refractivity contribution in [3.8, 4) is 5.75 Å². The third-order valence-corrected chi connectivity index (χ3v) is 10.1. The van der Waals surface area contributed by atoms with E-state index in [9.17, 15) is 19.5 Å². The highest BCUT2D eigenvalue weighted by Gasteiger charge is 2.36. The number of aromatic hydroxyl groups is 1. The summed E-state index contributed by atoms with van der Waals surface area (Å²) in [5.74, 6) is 0.0616. The number of carbonyl (C=O) groups excluding carboxylic acids is 3. The standard InChI is InChI=1S/C35H47N5O6/c1-24-21-26(22-25(2)32(24)41)23-31(33(42)38-12-8-28(9-13-38)37-17-19-45-20-18-37)46-35(44)39-14-10-29(11-15-39)40-16-7-27-5-3-4-6-30(27)36-34(40)43/h3-6,21-22,28-29,31,41H,7-20,23H2,1-2H3,(H,36,43). The Kier molecular flexibility index (Phi) is 9.98. The van der Waals surface area contributed by atoms with E-state index >= 15 is 0 Å². The molecule has 3 fully saturated rings. The second-order valence-corrected chi connectivity index (χ2v) is 13.1. The summed E-state index contributed by atoms with van der Waals surface area (Å²) < 4.78 is 11.6. The predicted molar refractivity (Wildman–Crippen MR) is 174 cm³/mol. The van der Waals surface area contributed by atoms with Crippen LogP contribution < -0.4 is 5.32 Å². The van der Waals surface area contributed by atoms with Gasteiger partial charge in [-0.25, -0.2) is 9.59 Å². The smallest absolute Gasteiger partial charge is 0.410 e. The number of nitrogens with one attached hydrogen (secondary N) is 1. The van der Waals surface area contributed by atoms with E-state index in [1.807, 2.05) is 60.0 Å². The molecular formula is C35H47N5O6. The molecule has 0 aliphatic carbocycles. The normalized spacial score (nSPS) is 20.9. The zero-order valence-corrected chi connectivity index (χ0v) is 27.1. The van der Waals surface area contributed by atoms with E-state index in [1.54, 1.807) is 4.90 Å². The molecule has 4 amide bonds. The largest absolute Gasteiger partial charge is 0.507 e. The second kappa shape index (κ2) is 14.3. The highest BCUT2D eigenvalue weighted by Crippen LogP contribution is 2.27. The Morgan fingerprint density at radius 2 is 1.54 bits per heavy atom. The lowest BCUT2D eigenvalue weighted by Gasteiger charge is -2.41. The summed E-state index contributed by atoms with van der Waals surface area (Å²) >= 11 is 0. The Balaban J connectivity index is 1.09. The number of hydrogen-bond donors (Lipinski definition) is 2. The van der Waals surface area contributed by atoms with Crippen LogP contribution in [-0.2, 0) is 27.1 Å². The lowest BCUT2D eigenvalue weighted by atomic mass is 9.99. The number of ether oxygens (including phenoxy) is 2. The maximum Gasteiger partial charge on any atom is 0.410 e. The summed E-state index contributed by atoms with van der Waals surface area (Å²) in [6.45, 7) is 9.77. The van der Waals surface area contributed by atoms with E-state index in [0.29, 0.717) is 51.6 Å². The van der Waals surface area contributed by atoms with Crippen LogP contribution in [0.3, 0.4) is 0 Å². The van der Waals surface area contributed by atoms with Gasteiger partial charge in [0.25, 0.3) is 5.91 Å². The quantitative estimate of drug-likeness (QED) is 0.496. The summed E-state index contributed by atoms with van der Waals surface area (Å²) in [7, 11) is 0. The van der Waals surface area contributed by atoms with Gasteiger partial charge in [-0.05, 0) is 74.3 Å². The fourth-order valence-electron chi connectivity index (χ4n) is 7.45. The van der Waals surface area contributed by atoms with Crippen LogP contribution in [0.25, 0.3) is 0 Å². The Morgan fingerprint density at radius 3 is 2.24 bits per heavy atom. The number of likely N-dealkylation sites (tertiary alicyclic amines) is 2. The van der Waals surface area contributed by atoms with Gasteiger partial charge in [0, 0.05) is 70.0 Å². The van der Waals surface area contributed by atoms with Gasteiger partial charge in [0.05, 0.1) is 13.2 Å². The molecule has 2 N–H and O–H groups in total. The van der Waals surface area contributed by atoms with Crippen LogP contribution >= 0.6 is 0 Å². The van der Waals surface area contributed by atoms with Crippen molar-refractivity contribution >= 4 is 23.7 Å². The van der Waals surface area contributed by atoms with Gasteiger partial charge in [0.2, 0.25) is 0 Å². The lowest BCUT2D eigenvalue weighted by molar-refractivity contribution is -0.142. The number of fused-ring (bicyclic) bond motifs is 1. The highest BCUT2D eigenvalue weighted by atomic mass is 16.6. The summed E-state index contributed by atoms with van der Waals surface area (Å²) in [6, 6.07) is 11.9. The molecule has 0 spiro atoms. The number of phenolic OH excluding ortho intramolecular Hbond substituents is 1. The molecule has 2 aromatic rings. The number of anilines is 1. The SMILES string of the molecule is Cc1cc(CC(OC(=O)N2CCC(N3CCc4ccccc4NC3=O)CC2)C(=O)N2CCC(N3CCOCC3)CC2)cc(C)c1O. The minimum atomic E-state index is -0.969. The molecule has 3 saturated heterocycles. The van der Waals surface area contributed by atoms with Crippen molar-refractivity contribution in [1.29, 1.82) is 0 Å². The van der Waals surface area contributed by atoms with Crippen LogP contribution in [0.15, 0.2) is 36.4 Å². The number of morpholine rings is 1. The third-order valence-electron chi connectivity index (χ3n) is 10.1. The third kappa shape index (κ3) is 7.25. The Morgan fingerprint density at radius 1 is 0.913 bits per heavy atom. The molecular weight excluding hydrogens is 586 g/mol. The number of phenols is 1. The molecule has 6 rings (SSSR count). The topological polar surface area (TPSA) is 115 Å². The number of amides is 4. The summed E-state index contributed by atoms with van der Waals surface area (Å²) in [4.78, 5) is 48.4. The van der Waals surface area contributed by atoms with E-state index in [1.165, 1.54) is 0 Å². The maximum absolute atomic E-state index is 14.0. The first kappa shape index (κ1) is 32.1. The number of benzene rings is 2. The van der Waals surface area contributed by atoms with Gasteiger partial charge in [-0.3, -0.25) is 9.69 Å². The minimum Gasteiger partial charge on any atom is -0.507 e. The fraction of sp³-hybridized carbons (Fsp3) is 0.571. The monoisotopic (exact) mass is 633 g/mol. The molecule has 0 aromatic heterocycles. The van der Waals surface area contributed by atoms with Crippen LogP contribution in [0.2, 0.25) is 0 Å². The summed E-state index contributed by atoms with van der Waals surface area (Å²) in [6.07, 6.45) is 2.59. The van der Waals surface area contributed by atoms with Crippen molar-refractivity contribution in [2.45, 2.75) is 70.6 Å². The summed E-state index contributed by atoms with van der Waals surface area (Å²) in [5, 5.41) is 13.4. The Hall–Kier alpha value is -3.83. The first-order valence-electron chi connectivity index (χ1n) is 16.8. The number of rotatable bonds is 6. The maximum atomic E-state index is 14.0. The molecule has 2 aromatic carbocycles. The van der Waals surface area contributed by atoms with Crippen molar-refractivity contribution in [1.82, 2.24) is 19.6 Å². The first-order valence-corrected chi connectivity index (χ1v) is 16.8. The van der Waals surface area contributed by atoms with E-state index in [0.717, 1.165) is 73.5 Å². The van der Waals surface area contributed by atoms with Crippen LogP contribution in [0.4, 0.5) is 15.3 Å². The molecule has 11 nitrogen and oxygen atoms in total. The van der Waals surface area contributed by atoms with Gasteiger partial charge in [-0.2, -0.15) is 0 Å². The molecule has 0 saturated carbocycles. The highest BCUT2D eigenvalue weighted by molar-refractivity contribution is 5.91. The van der Waals surface area contributed by atoms with Gasteiger partial charge < -0.3 is 34.6 Å². The number of urea groups is 1. The van der Waals surface area contributed by atoms with E-state index in [-0.39, 0.29) is 30.2 Å². The number of carbonyl (C=O) groups is 3. The molecule has 46 heavy (non-hydrogen) atoms. The number of hydrogen-bond acceptors (Lipinski definition) is 7. The summed E-state index contributed by atoms with van der Waals surface area (Å²) in [5.41, 5.74) is 4.27. The van der Waals surface area contributed by atoms with E-state index in [2.05, 4.69) is 10.2 Å². The average Bonchev–Trinajstić information content (AvgIpc) is 3.25. The van der Waals surface area contributed by atoms with Gasteiger partial charge >= 0.3 is 12.1 Å². The molecule has 11 heteroatoms. The zero-order chi connectivity index (χ0) is 32.2. The number of nitrogens with zero attached hydrogens (tertiary/aromatic N) is 4. The molecule has 248 valence electrons. The fourth-order valence-corrected chi connectivity index (χ4v) is 7.45. The van der Waals surface area contributed by atoms with Gasteiger partial charge in [0.15, 0.2) is 6.10 Å². The Bertz CT molecular complexity index is 1390. The van der Waals surface area contributed by atoms with Crippen LogP contribution in [0.5, 0.6) is 5.75 Å². The van der Waals surface area contributed by atoms with Crippen LogP contribution in [-0.4, -0.2) is 120 Å². The molecule has 4 aliphatic rings. The van der Waals surface area contributed by atoms with E-state index in [4.69, 9.17) is 9.47 Å². The molecule has 1 unspecified atom stereocenters. The van der Waals surface area contributed by atoms with Crippen LogP contribution in [0, 0.1) is 13.8 Å². The van der Waals surface area contributed by atoms with Crippen molar-refractivity contribution in [2.24, 2.45) is 0 Å². The number of para-hydroxylation sites is 1. The van der Waals surface area contributed by atoms with Crippen LogP contribution in [0.1, 0.15) is 47.9 Å². The Labute approximate surface area is 271 Å². The molecule has 4 heterocycles.